The minimum absolute atomic E-state index is 0.184. The zero-order valence-electron chi connectivity index (χ0n) is 13.2. The lowest BCUT2D eigenvalue weighted by molar-refractivity contribution is -0.137. The number of carbonyl (C=O) groups excluding carboxylic acids is 1. The van der Waals surface area contributed by atoms with Gasteiger partial charge in [0.05, 0.1) is 17.8 Å². The van der Waals surface area contributed by atoms with Gasteiger partial charge in [0.25, 0.3) is 0 Å². The molecule has 0 radical (unpaired) electrons. The van der Waals surface area contributed by atoms with Crippen molar-refractivity contribution in [1.29, 1.82) is 0 Å². The molecule has 0 bridgehead atoms. The second-order valence-corrected chi connectivity index (χ2v) is 5.97. The van der Waals surface area contributed by atoms with Gasteiger partial charge in [0.2, 0.25) is 0 Å². The second-order valence-electron chi connectivity index (χ2n) is 5.57. The number of hydrogen-bond acceptors (Lipinski definition) is 6. The van der Waals surface area contributed by atoms with Gasteiger partial charge in [-0.2, -0.15) is 13.2 Å². The highest BCUT2D eigenvalue weighted by atomic mass is 35.5. The van der Waals surface area contributed by atoms with Crippen molar-refractivity contribution in [2.75, 3.05) is 10.7 Å². The lowest BCUT2D eigenvalue weighted by Crippen LogP contribution is -2.39. The molecule has 2 aromatic rings. The van der Waals surface area contributed by atoms with Gasteiger partial charge in [0.15, 0.2) is 12.5 Å². The van der Waals surface area contributed by atoms with Gasteiger partial charge < -0.3 is 5.73 Å². The van der Waals surface area contributed by atoms with E-state index in [0.29, 0.717) is 28.2 Å². The Hall–Kier alpha value is -2.81. The van der Waals surface area contributed by atoms with Crippen molar-refractivity contribution in [2.24, 2.45) is 10.4 Å². The SMILES string of the molecule is Nc1ccc(CN2N=NN(c3ccc(C(F)(F)F)cc3)C2C=O)c(Cl)c1. The summed E-state index contributed by atoms with van der Waals surface area (Å²) in [5.74, 6) is 0. The number of halogens is 4. The van der Waals surface area contributed by atoms with Crippen molar-refractivity contribution in [1.82, 2.24) is 5.01 Å². The minimum atomic E-state index is -4.44. The van der Waals surface area contributed by atoms with E-state index in [1.807, 2.05) is 0 Å². The highest BCUT2D eigenvalue weighted by Gasteiger charge is 2.33. The number of nitrogen functional groups attached to an aromatic ring is 1. The van der Waals surface area contributed by atoms with Crippen LogP contribution in [0.2, 0.25) is 5.02 Å². The maximum atomic E-state index is 12.7. The first kappa shape index (κ1) is 18.0. The van der Waals surface area contributed by atoms with Crippen LogP contribution in [0, 0.1) is 0 Å². The first-order chi connectivity index (χ1) is 12.3. The van der Waals surface area contributed by atoms with Crippen molar-refractivity contribution in [3.05, 3.63) is 58.6 Å². The number of nitrogens with two attached hydrogens (primary N) is 1. The van der Waals surface area contributed by atoms with Crippen LogP contribution in [-0.2, 0) is 17.5 Å². The first-order valence-corrected chi connectivity index (χ1v) is 7.81. The molecular weight excluding hydrogens is 371 g/mol. The molecule has 2 N–H and O–H groups in total. The zero-order chi connectivity index (χ0) is 18.9. The van der Waals surface area contributed by atoms with Crippen molar-refractivity contribution in [3.63, 3.8) is 0 Å². The molecule has 1 aliphatic heterocycles. The highest BCUT2D eigenvalue weighted by Crippen LogP contribution is 2.32. The van der Waals surface area contributed by atoms with Gasteiger partial charge in [-0.05, 0) is 47.2 Å². The lowest BCUT2D eigenvalue weighted by Gasteiger charge is -2.24. The molecule has 0 fully saturated rings. The van der Waals surface area contributed by atoms with E-state index in [2.05, 4.69) is 10.4 Å². The normalized spacial score (nSPS) is 17.0. The molecule has 6 nitrogen and oxygen atoms in total. The second kappa shape index (κ2) is 6.83. The van der Waals surface area contributed by atoms with Crippen LogP contribution in [-0.4, -0.2) is 17.5 Å². The quantitative estimate of drug-likeness (QED) is 0.638. The van der Waals surface area contributed by atoms with Gasteiger partial charge in [0.1, 0.15) is 0 Å². The third-order valence-corrected chi connectivity index (χ3v) is 4.15. The molecule has 3 rings (SSSR count). The van der Waals surface area contributed by atoms with Gasteiger partial charge in [-0.25, -0.2) is 10.0 Å². The largest absolute Gasteiger partial charge is 0.416 e. The molecule has 26 heavy (non-hydrogen) atoms. The number of aldehydes is 1. The summed E-state index contributed by atoms with van der Waals surface area (Å²) in [4.78, 5) is 11.5. The number of nitrogens with zero attached hydrogens (tertiary/aromatic N) is 4. The van der Waals surface area contributed by atoms with E-state index in [0.717, 1.165) is 12.1 Å². The molecule has 1 unspecified atom stereocenters. The number of benzene rings is 2. The summed E-state index contributed by atoms with van der Waals surface area (Å²) in [7, 11) is 0. The van der Waals surface area contributed by atoms with E-state index in [9.17, 15) is 18.0 Å². The van der Waals surface area contributed by atoms with E-state index in [4.69, 9.17) is 17.3 Å². The van der Waals surface area contributed by atoms with E-state index in [-0.39, 0.29) is 6.54 Å². The van der Waals surface area contributed by atoms with E-state index >= 15 is 0 Å². The summed E-state index contributed by atoms with van der Waals surface area (Å²) in [5.41, 5.74) is 6.35. The molecule has 136 valence electrons. The Kier molecular flexibility index (Phi) is 4.73. The van der Waals surface area contributed by atoms with Crippen LogP contribution in [0.1, 0.15) is 11.1 Å². The molecule has 10 heteroatoms. The number of alkyl halides is 3. The predicted octanol–water partition coefficient (Wildman–Crippen LogP) is 4.07. The number of anilines is 2. The third-order valence-electron chi connectivity index (χ3n) is 3.80. The van der Waals surface area contributed by atoms with Crippen LogP contribution in [0.5, 0.6) is 0 Å². The van der Waals surface area contributed by atoms with Gasteiger partial charge in [-0.3, -0.25) is 4.79 Å². The number of hydrogen-bond donors (Lipinski definition) is 1. The van der Waals surface area contributed by atoms with Gasteiger partial charge in [-0.15, -0.1) is 0 Å². The van der Waals surface area contributed by atoms with Crippen molar-refractivity contribution in [3.8, 4) is 0 Å². The molecule has 0 spiro atoms. The van der Waals surface area contributed by atoms with Crippen LogP contribution in [0.3, 0.4) is 0 Å². The Morgan fingerprint density at radius 2 is 1.85 bits per heavy atom. The Morgan fingerprint density at radius 1 is 1.15 bits per heavy atom. The lowest BCUT2D eigenvalue weighted by atomic mass is 10.2. The number of rotatable bonds is 4. The fraction of sp³-hybridized carbons (Fsp3) is 0.188. The summed E-state index contributed by atoms with van der Waals surface area (Å²) in [6, 6.07) is 9.26. The molecule has 1 atom stereocenters. The van der Waals surface area contributed by atoms with Gasteiger partial charge >= 0.3 is 6.18 Å². The summed E-state index contributed by atoms with van der Waals surface area (Å²) < 4.78 is 38.0. The molecule has 0 amide bonds. The monoisotopic (exact) mass is 383 g/mol. The molecule has 0 saturated carbocycles. The molecular formula is C16H13ClF3N5O. The molecule has 2 aromatic carbocycles. The maximum absolute atomic E-state index is 12.7. The minimum Gasteiger partial charge on any atom is -0.399 e. The molecule has 1 heterocycles. The Labute approximate surface area is 151 Å². The summed E-state index contributed by atoms with van der Waals surface area (Å²) >= 11 is 6.12. The van der Waals surface area contributed by atoms with Crippen LogP contribution in [0.4, 0.5) is 24.5 Å². The van der Waals surface area contributed by atoms with E-state index < -0.39 is 17.9 Å². The summed E-state index contributed by atoms with van der Waals surface area (Å²) in [6.45, 7) is 0.184. The van der Waals surface area contributed by atoms with Gasteiger partial charge in [0, 0.05) is 10.7 Å². The predicted molar refractivity (Wildman–Crippen MR) is 90.0 cm³/mol. The van der Waals surface area contributed by atoms with Crippen LogP contribution >= 0.6 is 11.6 Å². The number of carbonyl (C=O) groups is 1. The fourth-order valence-electron chi connectivity index (χ4n) is 2.45. The van der Waals surface area contributed by atoms with Crippen LogP contribution in [0.15, 0.2) is 52.9 Å². The maximum Gasteiger partial charge on any atom is 0.416 e. The highest BCUT2D eigenvalue weighted by molar-refractivity contribution is 6.31. The zero-order valence-corrected chi connectivity index (χ0v) is 13.9. The van der Waals surface area contributed by atoms with Crippen LogP contribution in [0.25, 0.3) is 0 Å². The Bertz CT molecular complexity index is 841. The topological polar surface area (TPSA) is 74.3 Å². The fourth-order valence-corrected chi connectivity index (χ4v) is 2.70. The average molecular weight is 384 g/mol. The molecule has 1 aliphatic rings. The summed E-state index contributed by atoms with van der Waals surface area (Å²) in [6.07, 6.45) is -4.74. The average Bonchev–Trinajstić information content (AvgIpc) is 2.99. The van der Waals surface area contributed by atoms with E-state index in [1.165, 1.54) is 22.2 Å². The Morgan fingerprint density at radius 3 is 2.42 bits per heavy atom. The third kappa shape index (κ3) is 3.57. The standard InChI is InChI=1S/C16H13ClF3N5O/c17-14-7-12(21)4-1-10(14)8-24-15(9-26)25(23-22-24)13-5-2-11(3-6-13)16(18,19)20/h1-7,9,15H,8,21H2. The smallest absolute Gasteiger partial charge is 0.399 e. The molecule has 0 aromatic heterocycles. The summed E-state index contributed by atoms with van der Waals surface area (Å²) in [5, 5.41) is 10.8. The Balaban J connectivity index is 1.79. The molecule has 0 aliphatic carbocycles. The first-order valence-electron chi connectivity index (χ1n) is 7.43. The van der Waals surface area contributed by atoms with Crippen LogP contribution < -0.4 is 10.7 Å². The van der Waals surface area contributed by atoms with Gasteiger partial charge in [-0.1, -0.05) is 22.9 Å². The molecule has 0 saturated heterocycles. The van der Waals surface area contributed by atoms with Crippen molar-refractivity contribution in [2.45, 2.75) is 18.9 Å². The van der Waals surface area contributed by atoms with Crippen molar-refractivity contribution < 1.29 is 18.0 Å². The van der Waals surface area contributed by atoms with Crippen molar-refractivity contribution >= 4 is 29.3 Å². The van der Waals surface area contributed by atoms with E-state index in [1.54, 1.807) is 18.2 Å².